The Morgan fingerprint density at radius 3 is 2.67 bits per heavy atom. The number of anilines is 1. The maximum absolute atomic E-state index is 4.93. The van der Waals surface area contributed by atoms with Crippen molar-refractivity contribution in [3.8, 4) is 11.4 Å². The molecule has 3 heterocycles. The SMILES string of the molecule is Cc1cc(N2CCC(C)C3CCCCC32)nc(-c2ccncc2)n1. The fourth-order valence-electron chi connectivity index (χ4n) is 4.53. The third kappa shape index (κ3) is 2.90. The number of piperidine rings is 1. The standard InChI is InChI=1S/C20H26N4/c1-14-9-12-24(18-6-4-3-5-17(14)18)19-13-15(2)22-20(23-19)16-7-10-21-11-8-16/h7-8,10-11,13-14,17-18H,3-6,9,12H2,1-2H3. The summed E-state index contributed by atoms with van der Waals surface area (Å²) in [6, 6.07) is 6.79. The van der Waals surface area contributed by atoms with Gasteiger partial charge in [0.1, 0.15) is 5.82 Å². The van der Waals surface area contributed by atoms with Gasteiger partial charge in [-0.05, 0) is 50.2 Å². The van der Waals surface area contributed by atoms with Crippen molar-refractivity contribution in [1.82, 2.24) is 15.0 Å². The van der Waals surface area contributed by atoms with Crippen LogP contribution in [0.4, 0.5) is 5.82 Å². The Kier molecular flexibility index (Phi) is 4.21. The van der Waals surface area contributed by atoms with Crippen molar-refractivity contribution < 1.29 is 0 Å². The van der Waals surface area contributed by atoms with Crippen molar-refractivity contribution in [3.05, 3.63) is 36.3 Å². The molecule has 0 radical (unpaired) electrons. The van der Waals surface area contributed by atoms with E-state index in [2.05, 4.69) is 34.8 Å². The van der Waals surface area contributed by atoms with E-state index in [-0.39, 0.29) is 0 Å². The van der Waals surface area contributed by atoms with Crippen LogP contribution < -0.4 is 4.90 Å². The summed E-state index contributed by atoms with van der Waals surface area (Å²) < 4.78 is 0. The molecule has 2 aromatic heterocycles. The van der Waals surface area contributed by atoms with Crippen LogP contribution in [0, 0.1) is 18.8 Å². The highest BCUT2D eigenvalue weighted by molar-refractivity contribution is 5.57. The molecule has 24 heavy (non-hydrogen) atoms. The fraction of sp³-hybridized carbons (Fsp3) is 0.550. The first-order valence-electron chi connectivity index (χ1n) is 9.25. The van der Waals surface area contributed by atoms with E-state index < -0.39 is 0 Å². The minimum absolute atomic E-state index is 0.655. The summed E-state index contributed by atoms with van der Waals surface area (Å²) in [5, 5.41) is 0. The van der Waals surface area contributed by atoms with E-state index in [1.54, 1.807) is 12.4 Å². The third-order valence-electron chi connectivity index (χ3n) is 5.81. The summed E-state index contributed by atoms with van der Waals surface area (Å²) >= 11 is 0. The van der Waals surface area contributed by atoms with E-state index in [1.807, 2.05) is 12.1 Å². The maximum atomic E-state index is 4.93. The quantitative estimate of drug-likeness (QED) is 0.829. The van der Waals surface area contributed by atoms with Crippen molar-refractivity contribution >= 4 is 5.82 Å². The first kappa shape index (κ1) is 15.6. The van der Waals surface area contributed by atoms with Crippen LogP contribution >= 0.6 is 0 Å². The first-order chi connectivity index (χ1) is 11.7. The third-order valence-corrected chi connectivity index (χ3v) is 5.81. The summed E-state index contributed by atoms with van der Waals surface area (Å²) in [6.07, 6.45) is 10.3. The lowest BCUT2D eigenvalue weighted by Crippen LogP contribution is -2.50. The Morgan fingerprint density at radius 1 is 1.04 bits per heavy atom. The van der Waals surface area contributed by atoms with Gasteiger partial charge in [-0.1, -0.05) is 19.8 Å². The lowest BCUT2D eigenvalue weighted by Gasteiger charge is -2.48. The monoisotopic (exact) mass is 322 g/mol. The van der Waals surface area contributed by atoms with Crippen molar-refractivity contribution in [2.45, 2.75) is 52.0 Å². The zero-order chi connectivity index (χ0) is 16.5. The average molecular weight is 322 g/mol. The van der Waals surface area contributed by atoms with Gasteiger partial charge in [-0.2, -0.15) is 0 Å². The number of hydrogen-bond acceptors (Lipinski definition) is 4. The van der Waals surface area contributed by atoms with Crippen molar-refractivity contribution in [2.75, 3.05) is 11.4 Å². The molecule has 1 saturated heterocycles. The van der Waals surface area contributed by atoms with E-state index in [0.717, 1.165) is 41.3 Å². The zero-order valence-corrected chi connectivity index (χ0v) is 14.7. The predicted octanol–water partition coefficient (Wildman–Crippen LogP) is 4.25. The van der Waals surface area contributed by atoms with E-state index in [9.17, 15) is 0 Å². The molecule has 3 atom stereocenters. The first-order valence-corrected chi connectivity index (χ1v) is 9.25. The number of aromatic nitrogens is 3. The largest absolute Gasteiger partial charge is 0.353 e. The second-order valence-corrected chi connectivity index (χ2v) is 7.40. The van der Waals surface area contributed by atoms with Crippen LogP contribution in [0.2, 0.25) is 0 Å². The molecule has 126 valence electrons. The summed E-state index contributed by atoms with van der Waals surface area (Å²) in [5.74, 6) is 3.60. The molecule has 2 fully saturated rings. The molecule has 4 rings (SSSR count). The Hall–Kier alpha value is -1.97. The van der Waals surface area contributed by atoms with Crippen LogP contribution in [0.1, 0.15) is 44.7 Å². The van der Waals surface area contributed by atoms with Gasteiger partial charge in [0, 0.05) is 42.3 Å². The van der Waals surface area contributed by atoms with Crippen LogP contribution in [-0.2, 0) is 0 Å². The Balaban J connectivity index is 1.69. The number of nitrogens with zero attached hydrogens (tertiary/aromatic N) is 4. The topological polar surface area (TPSA) is 41.9 Å². The van der Waals surface area contributed by atoms with Gasteiger partial charge in [0.15, 0.2) is 5.82 Å². The highest BCUT2D eigenvalue weighted by Gasteiger charge is 2.38. The summed E-state index contributed by atoms with van der Waals surface area (Å²) in [4.78, 5) is 16.3. The van der Waals surface area contributed by atoms with E-state index >= 15 is 0 Å². The van der Waals surface area contributed by atoms with Gasteiger partial charge in [-0.25, -0.2) is 9.97 Å². The molecule has 0 amide bonds. The molecule has 0 aromatic carbocycles. The van der Waals surface area contributed by atoms with Gasteiger partial charge in [0.2, 0.25) is 0 Å². The molecule has 0 N–H and O–H groups in total. The van der Waals surface area contributed by atoms with E-state index in [1.165, 1.54) is 32.1 Å². The second-order valence-electron chi connectivity index (χ2n) is 7.40. The number of hydrogen-bond donors (Lipinski definition) is 0. The molecule has 2 aliphatic rings. The molecular formula is C20H26N4. The Bertz CT molecular complexity index is 700. The van der Waals surface area contributed by atoms with Gasteiger partial charge >= 0.3 is 0 Å². The van der Waals surface area contributed by atoms with Crippen LogP contribution in [-0.4, -0.2) is 27.5 Å². The van der Waals surface area contributed by atoms with Gasteiger partial charge < -0.3 is 4.90 Å². The minimum Gasteiger partial charge on any atom is -0.353 e. The number of rotatable bonds is 2. The van der Waals surface area contributed by atoms with Gasteiger partial charge in [-0.3, -0.25) is 4.98 Å². The fourth-order valence-corrected chi connectivity index (χ4v) is 4.53. The van der Waals surface area contributed by atoms with Crippen molar-refractivity contribution in [2.24, 2.45) is 11.8 Å². The maximum Gasteiger partial charge on any atom is 0.161 e. The Morgan fingerprint density at radius 2 is 1.83 bits per heavy atom. The average Bonchev–Trinajstić information content (AvgIpc) is 2.62. The Labute approximate surface area is 144 Å². The normalized spacial score (nSPS) is 26.9. The van der Waals surface area contributed by atoms with Crippen molar-refractivity contribution in [1.29, 1.82) is 0 Å². The molecule has 0 spiro atoms. The smallest absolute Gasteiger partial charge is 0.161 e. The molecule has 1 aliphatic carbocycles. The van der Waals surface area contributed by atoms with Crippen LogP contribution in [0.5, 0.6) is 0 Å². The van der Waals surface area contributed by atoms with Gasteiger partial charge in [0.25, 0.3) is 0 Å². The summed E-state index contributed by atoms with van der Waals surface area (Å²) in [5.41, 5.74) is 2.08. The molecule has 3 unspecified atom stereocenters. The van der Waals surface area contributed by atoms with E-state index in [4.69, 9.17) is 4.98 Å². The zero-order valence-electron chi connectivity index (χ0n) is 14.7. The van der Waals surface area contributed by atoms with E-state index in [0.29, 0.717) is 6.04 Å². The summed E-state index contributed by atoms with van der Waals surface area (Å²) in [7, 11) is 0. The predicted molar refractivity (Wildman–Crippen MR) is 96.9 cm³/mol. The molecular weight excluding hydrogens is 296 g/mol. The molecule has 2 aromatic rings. The molecule has 1 saturated carbocycles. The number of fused-ring (bicyclic) bond motifs is 1. The molecule has 4 heteroatoms. The van der Waals surface area contributed by atoms with Gasteiger partial charge in [0.05, 0.1) is 0 Å². The lowest BCUT2D eigenvalue weighted by atomic mass is 9.72. The molecule has 1 aliphatic heterocycles. The highest BCUT2D eigenvalue weighted by Crippen LogP contribution is 2.40. The number of pyridine rings is 1. The van der Waals surface area contributed by atoms with Crippen LogP contribution in [0.15, 0.2) is 30.6 Å². The highest BCUT2D eigenvalue weighted by atomic mass is 15.2. The van der Waals surface area contributed by atoms with Crippen LogP contribution in [0.3, 0.4) is 0 Å². The second kappa shape index (κ2) is 6.50. The lowest BCUT2D eigenvalue weighted by molar-refractivity contribution is 0.177. The molecule has 4 nitrogen and oxygen atoms in total. The number of aryl methyl sites for hydroxylation is 1. The molecule has 0 bridgehead atoms. The van der Waals surface area contributed by atoms with Crippen molar-refractivity contribution in [3.63, 3.8) is 0 Å². The minimum atomic E-state index is 0.655. The summed E-state index contributed by atoms with van der Waals surface area (Å²) in [6.45, 7) is 5.63. The van der Waals surface area contributed by atoms with Gasteiger partial charge in [-0.15, -0.1) is 0 Å². The van der Waals surface area contributed by atoms with Crippen LogP contribution in [0.25, 0.3) is 11.4 Å².